The third-order valence-corrected chi connectivity index (χ3v) is 5.03. The van der Waals surface area contributed by atoms with Gasteiger partial charge in [0, 0.05) is 37.9 Å². The predicted octanol–water partition coefficient (Wildman–Crippen LogP) is 2.63. The lowest BCUT2D eigenvalue weighted by molar-refractivity contribution is -0.133. The van der Waals surface area contributed by atoms with Crippen molar-refractivity contribution in [3.8, 4) is 0 Å². The molecule has 0 aliphatic carbocycles. The molecular weight excluding hydrogens is 314 g/mol. The summed E-state index contributed by atoms with van der Waals surface area (Å²) in [4.78, 5) is 19.1. The Kier molecular flexibility index (Phi) is 4.50. The fourth-order valence-corrected chi connectivity index (χ4v) is 3.73. The molecule has 0 bridgehead atoms. The van der Waals surface area contributed by atoms with Crippen LogP contribution in [0.15, 0.2) is 42.9 Å². The average molecular weight is 337 g/mol. The molecule has 1 N–H and O–H groups in total. The molecule has 1 unspecified atom stereocenters. The molecule has 6 heteroatoms. The number of nitrogens with one attached hydrogen (secondary N) is 1. The Labute approximate surface area is 146 Å². The zero-order valence-corrected chi connectivity index (χ0v) is 14.3. The molecule has 130 valence electrons. The number of hydrogen-bond donors (Lipinski definition) is 1. The van der Waals surface area contributed by atoms with Crippen molar-refractivity contribution in [2.45, 2.75) is 32.2 Å². The number of imidazole rings is 1. The van der Waals surface area contributed by atoms with Crippen molar-refractivity contribution < 1.29 is 4.79 Å². The quantitative estimate of drug-likeness (QED) is 0.778. The highest BCUT2D eigenvalue weighted by molar-refractivity contribution is 5.77. The molecule has 0 saturated carbocycles. The van der Waals surface area contributed by atoms with Crippen LogP contribution < -0.4 is 0 Å². The molecule has 3 heterocycles. The number of aromatic amines is 1. The van der Waals surface area contributed by atoms with Gasteiger partial charge in [-0.3, -0.25) is 9.89 Å². The number of likely N-dealkylation sites (tertiary alicyclic amines) is 1. The maximum atomic E-state index is 12.6. The molecule has 3 aromatic rings. The van der Waals surface area contributed by atoms with Crippen LogP contribution in [0, 0.1) is 5.92 Å². The van der Waals surface area contributed by atoms with Crippen LogP contribution in [0.4, 0.5) is 0 Å². The second-order valence-corrected chi connectivity index (χ2v) is 6.81. The highest BCUT2D eigenvalue weighted by Gasteiger charge is 2.24. The summed E-state index contributed by atoms with van der Waals surface area (Å²) in [5, 5.41) is 7.04. The van der Waals surface area contributed by atoms with Gasteiger partial charge in [-0.1, -0.05) is 12.1 Å². The van der Waals surface area contributed by atoms with Crippen molar-refractivity contribution in [2.24, 2.45) is 5.92 Å². The number of rotatable bonds is 5. The molecule has 1 aromatic carbocycles. The standard InChI is InChI=1S/C19H23N5O/c25-19(8-11-24-14-20-17-5-1-2-6-18(17)24)23-10-3-4-15(13-23)12-16-7-9-21-22-16/h1-2,5-7,9,14-15H,3-4,8,10-13H2,(H,21,22). The van der Waals surface area contributed by atoms with E-state index in [-0.39, 0.29) is 5.91 Å². The number of aromatic nitrogens is 4. The highest BCUT2D eigenvalue weighted by Crippen LogP contribution is 2.21. The summed E-state index contributed by atoms with van der Waals surface area (Å²) in [6.07, 6.45) is 7.37. The van der Waals surface area contributed by atoms with Gasteiger partial charge in [-0.05, 0) is 43.4 Å². The molecule has 1 aliphatic heterocycles. The van der Waals surface area contributed by atoms with Gasteiger partial charge in [-0.2, -0.15) is 5.10 Å². The Hall–Kier alpha value is -2.63. The molecular formula is C19H23N5O. The van der Waals surface area contributed by atoms with Gasteiger partial charge in [-0.25, -0.2) is 4.98 Å². The fourth-order valence-electron chi connectivity index (χ4n) is 3.73. The van der Waals surface area contributed by atoms with E-state index in [1.165, 1.54) is 6.42 Å². The van der Waals surface area contributed by atoms with Crippen LogP contribution in [-0.2, 0) is 17.8 Å². The second kappa shape index (κ2) is 7.09. The van der Waals surface area contributed by atoms with Crippen molar-refractivity contribution in [3.63, 3.8) is 0 Å². The molecule has 0 spiro atoms. The third-order valence-electron chi connectivity index (χ3n) is 5.03. The first-order chi connectivity index (χ1) is 12.3. The molecule has 1 atom stereocenters. The van der Waals surface area contributed by atoms with Crippen LogP contribution in [0.1, 0.15) is 25.0 Å². The van der Waals surface area contributed by atoms with Gasteiger partial charge in [0.2, 0.25) is 5.91 Å². The summed E-state index contributed by atoms with van der Waals surface area (Å²) >= 11 is 0. The molecule has 1 fully saturated rings. The van der Waals surface area contributed by atoms with Crippen LogP contribution in [0.5, 0.6) is 0 Å². The highest BCUT2D eigenvalue weighted by atomic mass is 16.2. The maximum absolute atomic E-state index is 12.6. The number of piperidine rings is 1. The van der Waals surface area contributed by atoms with E-state index < -0.39 is 0 Å². The number of nitrogens with zero attached hydrogens (tertiary/aromatic N) is 4. The first-order valence-corrected chi connectivity index (χ1v) is 8.95. The molecule has 1 aliphatic rings. The van der Waals surface area contributed by atoms with Crippen LogP contribution in [-0.4, -0.2) is 43.6 Å². The maximum Gasteiger partial charge on any atom is 0.224 e. The number of para-hydroxylation sites is 2. The number of benzene rings is 1. The number of aryl methyl sites for hydroxylation is 1. The summed E-state index contributed by atoms with van der Waals surface area (Å²) in [5.41, 5.74) is 3.22. The monoisotopic (exact) mass is 337 g/mol. The van der Waals surface area contributed by atoms with E-state index >= 15 is 0 Å². The van der Waals surface area contributed by atoms with Gasteiger partial charge in [0.15, 0.2) is 0 Å². The number of carbonyl (C=O) groups is 1. The SMILES string of the molecule is O=C(CCn1cnc2ccccc21)N1CCCC(Cc2ccn[nH]2)C1. The molecule has 4 rings (SSSR count). The van der Waals surface area contributed by atoms with Gasteiger partial charge in [-0.15, -0.1) is 0 Å². The number of hydrogen-bond acceptors (Lipinski definition) is 3. The van der Waals surface area contributed by atoms with Gasteiger partial charge in [0.25, 0.3) is 0 Å². The Morgan fingerprint density at radius 1 is 1.28 bits per heavy atom. The summed E-state index contributed by atoms with van der Waals surface area (Å²) < 4.78 is 2.07. The van der Waals surface area contributed by atoms with Crippen molar-refractivity contribution in [3.05, 3.63) is 48.5 Å². The van der Waals surface area contributed by atoms with Crippen LogP contribution >= 0.6 is 0 Å². The van der Waals surface area contributed by atoms with E-state index in [0.717, 1.165) is 42.7 Å². The minimum absolute atomic E-state index is 0.243. The Morgan fingerprint density at radius 2 is 2.20 bits per heavy atom. The van der Waals surface area contributed by atoms with Crippen molar-refractivity contribution in [2.75, 3.05) is 13.1 Å². The van der Waals surface area contributed by atoms with E-state index in [4.69, 9.17) is 0 Å². The van der Waals surface area contributed by atoms with Gasteiger partial charge < -0.3 is 9.47 Å². The molecule has 0 radical (unpaired) electrons. The molecule has 1 amide bonds. The van der Waals surface area contributed by atoms with Gasteiger partial charge in [0.1, 0.15) is 0 Å². The molecule has 6 nitrogen and oxygen atoms in total. The summed E-state index contributed by atoms with van der Waals surface area (Å²) in [6, 6.07) is 10.1. The normalized spacial score (nSPS) is 17.9. The third kappa shape index (κ3) is 3.57. The van der Waals surface area contributed by atoms with E-state index in [2.05, 4.69) is 19.7 Å². The topological polar surface area (TPSA) is 66.8 Å². The number of carbonyl (C=O) groups excluding carboxylic acids is 1. The van der Waals surface area contributed by atoms with E-state index in [1.54, 1.807) is 6.20 Å². The lowest BCUT2D eigenvalue weighted by Crippen LogP contribution is -2.40. The Balaban J connectivity index is 1.34. The molecule has 2 aromatic heterocycles. The zero-order valence-electron chi connectivity index (χ0n) is 14.3. The number of H-pyrrole nitrogens is 1. The summed E-state index contributed by atoms with van der Waals surface area (Å²) in [5.74, 6) is 0.763. The van der Waals surface area contributed by atoms with Gasteiger partial charge >= 0.3 is 0 Å². The lowest BCUT2D eigenvalue weighted by atomic mass is 9.93. The molecule has 1 saturated heterocycles. The van der Waals surface area contributed by atoms with E-state index in [0.29, 0.717) is 18.9 Å². The van der Waals surface area contributed by atoms with Crippen molar-refractivity contribution in [1.29, 1.82) is 0 Å². The summed E-state index contributed by atoms with van der Waals surface area (Å²) in [6.45, 7) is 2.41. The Morgan fingerprint density at radius 3 is 3.08 bits per heavy atom. The zero-order chi connectivity index (χ0) is 17.1. The number of fused-ring (bicyclic) bond motifs is 1. The second-order valence-electron chi connectivity index (χ2n) is 6.81. The minimum Gasteiger partial charge on any atom is -0.342 e. The predicted molar refractivity (Wildman–Crippen MR) is 95.9 cm³/mol. The van der Waals surface area contributed by atoms with Gasteiger partial charge in [0.05, 0.1) is 17.4 Å². The fraction of sp³-hybridized carbons (Fsp3) is 0.421. The largest absolute Gasteiger partial charge is 0.342 e. The van der Waals surface area contributed by atoms with Crippen molar-refractivity contribution >= 4 is 16.9 Å². The van der Waals surface area contributed by atoms with Crippen LogP contribution in [0.3, 0.4) is 0 Å². The van der Waals surface area contributed by atoms with Crippen LogP contribution in [0.25, 0.3) is 11.0 Å². The number of amides is 1. The smallest absolute Gasteiger partial charge is 0.224 e. The minimum atomic E-state index is 0.243. The van der Waals surface area contributed by atoms with E-state index in [9.17, 15) is 4.79 Å². The Bertz CT molecular complexity index is 839. The summed E-state index contributed by atoms with van der Waals surface area (Å²) in [7, 11) is 0. The first kappa shape index (κ1) is 15.9. The van der Waals surface area contributed by atoms with E-state index in [1.807, 2.05) is 41.6 Å². The molecule has 25 heavy (non-hydrogen) atoms. The lowest BCUT2D eigenvalue weighted by Gasteiger charge is -2.32. The van der Waals surface area contributed by atoms with Crippen molar-refractivity contribution in [1.82, 2.24) is 24.6 Å². The average Bonchev–Trinajstić information content (AvgIpc) is 3.30. The van der Waals surface area contributed by atoms with Crippen LogP contribution in [0.2, 0.25) is 0 Å². The first-order valence-electron chi connectivity index (χ1n) is 8.95.